The zero-order chi connectivity index (χ0) is 17.8. The second-order valence-corrected chi connectivity index (χ2v) is 7.53. The van der Waals surface area contributed by atoms with Crippen LogP contribution < -0.4 is 5.32 Å². The average Bonchev–Trinajstić information content (AvgIpc) is 3.08. The highest BCUT2D eigenvalue weighted by Gasteiger charge is 2.18. The standard InChI is InChI=1S/C18H23N3O3S/c1-12-9-16(21(2)20-12)19-17(22)11-24-18(23)15-10-13-7-5-3-4-6-8-14(13)25-15/h9-10H,3-8,11H2,1-2H3,(H,19,22). The fourth-order valence-electron chi connectivity index (χ4n) is 3.05. The van der Waals surface area contributed by atoms with Crippen LogP contribution in [0.25, 0.3) is 0 Å². The van der Waals surface area contributed by atoms with Gasteiger partial charge < -0.3 is 10.1 Å². The number of carbonyl (C=O) groups is 2. The molecule has 0 unspecified atom stereocenters. The number of ether oxygens (including phenoxy) is 1. The fraction of sp³-hybridized carbons (Fsp3) is 0.500. The van der Waals surface area contributed by atoms with Crippen LogP contribution in [0.1, 0.15) is 51.5 Å². The number of aryl methyl sites for hydroxylation is 4. The zero-order valence-corrected chi connectivity index (χ0v) is 15.4. The van der Waals surface area contributed by atoms with Gasteiger partial charge in [0.25, 0.3) is 5.91 Å². The molecule has 134 valence electrons. The van der Waals surface area contributed by atoms with Gasteiger partial charge >= 0.3 is 5.97 Å². The third kappa shape index (κ3) is 4.48. The number of nitrogens with one attached hydrogen (secondary N) is 1. The first-order chi connectivity index (χ1) is 12.0. The van der Waals surface area contributed by atoms with E-state index in [1.54, 1.807) is 17.8 Å². The molecule has 0 bridgehead atoms. The molecule has 2 aromatic rings. The number of thiophene rings is 1. The molecule has 7 heteroatoms. The Hall–Kier alpha value is -2.15. The Kier molecular flexibility index (Phi) is 5.53. The first-order valence-electron chi connectivity index (χ1n) is 8.62. The van der Waals surface area contributed by atoms with Gasteiger partial charge in [0.15, 0.2) is 6.61 Å². The van der Waals surface area contributed by atoms with Crippen LogP contribution >= 0.6 is 11.3 Å². The van der Waals surface area contributed by atoms with Crippen LogP contribution in [0, 0.1) is 6.92 Å². The number of amides is 1. The first-order valence-corrected chi connectivity index (χ1v) is 9.44. The second kappa shape index (κ2) is 7.82. The number of nitrogens with zero attached hydrogens (tertiary/aromatic N) is 2. The van der Waals surface area contributed by atoms with Gasteiger partial charge in [-0.05, 0) is 44.2 Å². The summed E-state index contributed by atoms with van der Waals surface area (Å²) < 4.78 is 6.76. The maximum absolute atomic E-state index is 12.3. The molecular weight excluding hydrogens is 338 g/mol. The summed E-state index contributed by atoms with van der Waals surface area (Å²) in [4.78, 5) is 26.1. The van der Waals surface area contributed by atoms with Gasteiger partial charge in [-0.15, -0.1) is 11.3 Å². The maximum atomic E-state index is 12.3. The monoisotopic (exact) mass is 361 g/mol. The third-order valence-electron chi connectivity index (χ3n) is 4.30. The first kappa shape index (κ1) is 17.7. The summed E-state index contributed by atoms with van der Waals surface area (Å²) in [5.74, 6) is -0.211. The summed E-state index contributed by atoms with van der Waals surface area (Å²) in [5.41, 5.74) is 2.08. The van der Waals surface area contributed by atoms with Gasteiger partial charge in [-0.2, -0.15) is 5.10 Å². The molecule has 1 aliphatic carbocycles. The van der Waals surface area contributed by atoms with E-state index in [2.05, 4.69) is 10.4 Å². The highest BCUT2D eigenvalue weighted by Crippen LogP contribution is 2.28. The highest BCUT2D eigenvalue weighted by atomic mass is 32.1. The summed E-state index contributed by atoms with van der Waals surface area (Å²) in [6.07, 6.45) is 6.92. The lowest BCUT2D eigenvalue weighted by atomic mass is 10.00. The van der Waals surface area contributed by atoms with Crippen LogP contribution in [0.4, 0.5) is 5.82 Å². The summed E-state index contributed by atoms with van der Waals surface area (Å²) in [7, 11) is 1.75. The number of hydrogen-bond acceptors (Lipinski definition) is 5. The van der Waals surface area contributed by atoms with Crippen molar-refractivity contribution in [2.45, 2.75) is 45.4 Å². The molecule has 25 heavy (non-hydrogen) atoms. The molecule has 0 fully saturated rings. The summed E-state index contributed by atoms with van der Waals surface area (Å²) in [6, 6.07) is 3.70. The normalized spacial score (nSPS) is 14.3. The fourth-order valence-corrected chi connectivity index (χ4v) is 4.20. The second-order valence-electron chi connectivity index (χ2n) is 6.39. The van der Waals surface area contributed by atoms with Crippen LogP contribution in [-0.2, 0) is 29.4 Å². The van der Waals surface area contributed by atoms with Gasteiger partial charge in [0.2, 0.25) is 0 Å². The van der Waals surface area contributed by atoms with Crippen LogP contribution in [0.2, 0.25) is 0 Å². The zero-order valence-electron chi connectivity index (χ0n) is 14.6. The number of anilines is 1. The Morgan fingerprint density at radius 3 is 2.72 bits per heavy atom. The van der Waals surface area contributed by atoms with E-state index in [-0.39, 0.29) is 12.5 Å². The molecule has 2 heterocycles. The molecule has 0 atom stereocenters. The van der Waals surface area contributed by atoms with Gasteiger partial charge in [-0.1, -0.05) is 12.8 Å². The van der Waals surface area contributed by atoms with Crippen molar-refractivity contribution in [1.82, 2.24) is 9.78 Å². The Labute approximate surface area is 151 Å². The SMILES string of the molecule is Cc1cc(NC(=O)COC(=O)c2cc3c(s2)CCCCCC3)n(C)n1. The topological polar surface area (TPSA) is 73.2 Å². The molecule has 1 aliphatic rings. The van der Waals surface area contributed by atoms with E-state index in [4.69, 9.17) is 4.74 Å². The van der Waals surface area contributed by atoms with E-state index < -0.39 is 5.97 Å². The minimum Gasteiger partial charge on any atom is -0.451 e. The van der Waals surface area contributed by atoms with Gasteiger partial charge in [0, 0.05) is 18.0 Å². The molecule has 0 aliphatic heterocycles. The third-order valence-corrected chi connectivity index (χ3v) is 5.52. The summed E-state index contributed by atoms with van der Waals surface area (Å²) in [6.45, 7) is 1.55. The summed E-state index contributed by atoms with van der Waals surface area (Å²) >= 11 is 1.51. The highest BCUT2D eigenvalue weighted by molar-refractivity contribution is 7.14. The van der Waals surface area contributed by atoms with Gasteiger partial charge in [0.05, 0.1) is 5.69 Å². The number of hydrogen-bond donors (Lipinski definition) is 1. The minimum absolute atomic E-state index is 0.300. The Morgan fingerprint density at radius 2 is 2.00 bits per heavy atom. The lowest BCUT2D eigenvalue weighted by Gasteiger charge is -2.07. The number of fused-ring (bicyclic) bond motifs is 1. The van der Waals surface area contributed by atoms with Crippen LogP contribution in [0.15, 0.2) is 12.1 Å². The molecule has 6 nitrogen and oxygen atoms in total. The number of rotatable bonds is 4. The Morgan fingerprint density at radius 1 is 1.24 bits per heavy atom. The Balaban J connectivity index is 1.56. The van der Waals surface area contributed by atoms with E-state index in [1.165, 1.54) is 47.5 Å². The van der Waals surface area contributed by atoms with Crippen molar-refractivity contribution in [2.75, 3.05) is 11.9 Å². The molecule has 0 saturated carbocycles. The van der Waals surface area contributed by atoms with E-state index in [1.807, 2.05) is 13.0 Å². The van der Waals surface area contributed by atoms with Crippen LogP contribution in [0.5, 0.6) is 0 Å². The quantitative estimate of drug-likeness (QED) is 0.849. The molecular formula is C18H23N3O3S. The smallest absolute Gasteiger partial charge is 0.348 e. The van der Waals surface area contributed by atoms with E-state index in [0.29, 0.717) is 10.7 Å². The largest absolute Gasteiger partial charge is 0.451 e. The molecule has 1 amide bonds. The molecule has 0 saturated heterocycles. The average molecular weight is 361 g/mol. The van der Waals surface area contributed by atoms with Crippen molar-refractivity contribution in [2.24, 2.45) is 7.05 Å². The summed E-state index contributed by atoms with van der Waals surface area (Å²) in [5, 5.41) is 6.85. The number of aromatic nitrogens is 2. The molecule has 1 N–H and O–H groups in total. The molecule has 0 radical (unpaired) electrons. The lowest BCUT2D eigenvalue weighted by Crippen LogP contribution is -2.21. The molecule has 0 aromatic carbocycles. The van der Waals surface area contributed by atoms with Crippen molar-refractivity contribution in [3.63, 3.8) is 0 Å². The van der Waals surface area contributed by atoms with E-state index in [9.17, 15) is 9.59 Å². The number of carbonyl (C=O) groups excluding carboxylic acids is 2. The van der Waals surface area contributed by atoms with E-state index in [0.717, 1.165) is 18.5 Å². The minimum atomic E-state index is -0.423. The maximum Gasteiger partial charge on any atom is 0.348 e. The predicted octanol–water partition coefficient (Wildman–Crippen LogP) is 3.24. The van der Waals surface area contributed by atoms with Crippen molar-refractivity contribution in [3.8, 4) is 0 Å². The van der Waals surface area contributed by atoms with Crippen molar-refractivity contribution in [1.29, 1.82) is 0 Å². The van der Waals surface area contributed by atoms with Gasteiger partial charge in [-0.3, -0.25) is 9.48 Å². The van der Waals surface area contributed by atoms with Gasteiger partial charge in [-0.25, -0.2) is 4.79 Å². The molecule has 2 aromatic heterocycles. The van der Waals surface area contributed by atoms with Crippen molar-refractivity contribution >= 4 is 29.0 Å². The lowest BCUT2D eigenvalue weighted by molar-refractivity contribution is -0.119. The van der Waals surface area contributed by atoms with E-state index >= 15 is 0 Å². The van der Waals surface area contributed by atoms with Gasteiger partial charge in [0.1, 0.15) is 10.7 Å². The van der Waals surface area contributed by atoms with Crippen LogP contribution in [0.3, 0.4) is 0 Å². The predicted molar refractivity (Wildman–Crippen MR) is 97.1 cm³/mol. The molecule has 3 rings (SSSR count). The Bertz CT molecular complexity index is 753. The number of esters is 1. The van der Waals surface area contributed by atoms with Crippen molar-refractivity contribution in [3.05, 3.63) is 33.1 Å². The molecule has 0 spiro atoms. The van der Waals surface area contributed by atoms with Crippen molar-refractivity contribution < 1.29 is 14.3 Å². The van der Waals surface area contributed by atoms with Crippen LogP contribution in [-0.4, -0.2) is 28.3 Å².